The van der Waals surface area contributed by atoms with Crippen molar-refractivity contribution in [1.29, 1.82) is 0 Å². The molecule has 2 unspecified atom stereocenters. The minimum absolute atomic E-state index is 0.242. The fourth-order valence-electron chi connectivity index (χ4n) is 10.1. The third kappa shape index (κ3) is 5.24. The van der Waals surface area contributed by atoms with Crippen molar-refractivity contribution in [3.05, 3.63) is 235 Å². The van der Waals surface area contributed by atoms with Gasteiger partial charge in [0.05, 0.1) is 11.3 Å². The number of para-hydroxylation sites is 1. The van der Waals surface area contributed by atoms with Crippen LogP contribution in [0.5, 0.6) is 0 Å². The molecule has 2 heteroatoms. The maximum Gasteiger partial charge on any atom is 0.143 e. The Kier molecular flexibility index (Phi) is 7.77. The number of benzene rings is 9. The first-order chi connectivity index (χ1) is 29.7. The quantitative estimate of drug-likeness (QED) is 0.159. The van der Waals surface area contributed by atoms with Crippen molar-refractivity contribution in [1.82, 2.24) is 0 Å². The smallest absolute Gasteiger partial charge is 0.143 e. The predicted molar refractivity (Wildman–Crippen MR) is 251 cm³/mol. The average Bonchev–Trinajstić information content (AvgIpc) is 3.95. The minimum atomic E-state index is -0.361. The van der Waals surface area contributed by atoms with Crippen molar-refractivity contribution >= 4 is 54.8 Å². The highest BCUT2D eigenvalue weighted by Crippen LogP contribution is 2.64. The Morgan fingerprint density at radius 3 is 1.73 bits per heavy atom. The molecular weight excluding hydrogens is 727 g/mol. The molecule has 60 heavy (non-hydrogen) atoms. The number of allylic oxidation sites excluding steroid dienone is 2. The highest BCUT2D eigenvalue weighted by molar-refractivity contribution is 6.30. The number of fused-ring (bicyclic) bond motifs is 7. The molecule has 2 atom stereocenters. The van der Waals surface area contributed by atoms with Gasteiger partial charge in [0.25, 0.3) is 0 Å². The van der Waals surface area contributed by atoms with Gasteiger partial charge in [-0.2, -0.15) is 0 Å². The van der Waals surface area contributed by atoms with E-state index in [-0.39, 0.29) is 11.5 Å². The summed E-state index contributed by atoms with van der Waals surface area (Å²) in [5.41, 5.74) is 15.3. The lowest BCUT2D eigenvalue weighted by Crippen LogP contribution is -2.21. The van der Waals surface area contributed by atoms with E-state index in [4.69, 9.17) is 9.41 Å². The zero-order valence-electron chi connectivity index (χ0n) is 33.0. The van der Waals surface area contributed by atoms with Gasteiger partial charge in [0.15, 0.2) is 0 Å². The van der Waals surface area contributed by atoms with Gasteiger partial charge < -0.3 is 4.42 Å². The van der Waals surface area contributed by atoms with E-state index in [2.05, 4.69) is 207 Å². The van der Waals surface area contributed by atoms with Gasteiger partial charge in [-0.05, 0) is 78.5 Å². The van der Waals surface area contributed by atoms with Crippen molar-refractivity contribution in [2.75, 3.05) is 0 Å². The van der Waals surface area contributed by atoms with Gasteiger partial charge in [-0.3, -0.25) is 4.99 Å². The fourth-order valence-corrected chi connectivity index (χ4v) is 10.1. The van der Waals surface area contributed by atoms with Crippen LogP contribution in [-0.2, 0) is 5.54 Å². The summed E-state index contributed by atoms with van der Waals surface area (Å²) in [6.45, 7) is 4.46. The van der Waals surface area contributed by atoms with Gasteiger partial charge in [-0.15, -0.1) is 0 Å². The molecule has 2 heterocycles. The van der Waals surface area contributed by atoms with Crippen LogP contribution < -0.4 is 0 Å². The molecule has 282 valence electrons. The number of furan rings is 1. The van der Waals surface area contributed by atoms with E-state index in [9.17, 15) is 0 Å². The fraction of sp³-hybridized carbons (Fsp3) is 0.0517. The number of dihydropyridines is 1. The average molecular weight is 766 g/mol. The highest BCUT2D eigenvalue weighted by atomic mass is 16.3. The summed E-state index contributed by atoms with van der Waals surface area (Å²) in [4.78, 5) is 5.81. The first-order valence-corrected chi connectivity index (χ1v) is 20.8. The molecular formula is C58H39NO. The Bertz CT molecular complexity index is 3390. The first kappa shape index (κ1) is 34.5. The number of rotatable bonds is 7. The van der Waals surface area contributed by atoms with Gasteiger partial charge in [0, 0.05) is 33.4 Å². The molecule has 2 nitrogen and oxygen atoms in total. The van der Waals surface area contributed by atoms with Crippen molar-refractivity contribution in [3.63, 3.8) is 0 Å². The van der Waals surface area contributed by atoms with Crippen LogP contribution in [0.4, 0.5) is 0 Å². The number of hydrogen-bond acceptors (Lipinski definition) is 2. The molecule has 10 aromatic rings. The highest BCUT2D eigenvalue weighted by Gasteiger charge is 2.60. The molecule has 12 rings (SSSR count). The lowest BCUT2D eigenvalue weighted by molar-refractivity contribution is 0.670. The largest absolute Gasteiger partial charge is 0.455 e. The van der Waals surface area contributed by atoms with Gasteiger partial charge >= 0.3 is 0 Å². The molecule has 0 saturated heterocycles. The van der Waals surface area contributed by atoms with Crippen LogP contribution in [0, 0.1) is 5.92 Å². The van der Waals surface area contributed by atoms with Gasteiger partial charge in [0.1, 0.15) is 11.2 Å². The molecule has 1 aromatic heterocycles. The Hall–Kier alpha value is -7.55. The number of aliphatic imine (C=N–C) groups is 1. The molecule has 0 bridgehead atoms. The molecule has 1 aliphatic heterocycles. The maximum atomic E-state index is 7.13. The van der Waals surface area contributed by atoms with Crippen LogP contribution in [-0.4, -0.2) is 5.71 Å². The van der Waals surface area contributed by atoms with Crippen LogP contribution >= 0.6 is 0 Å². The van der Waals surface area contributed by atoms with Gasteiger partial charge in [-0.1, -0.05) is 207 Å². The summed E-state index contributed by atoms with van der Waals surface area (Å²) >= 11 is 0. The lowest BCUT2D eigenvalue weighted by Gasteiger charge is -2.26. The van der Waals surface area contributed by atoms with Crippen LogP contribution in [0.3, 0.4) is 0 Å². The van der Waals surface area contributed by atoms with E-state index in [1.165, 1.54) is 49.7 Å². The third-order valence-corrected chi connectivity index (χ3v) is 13.0. The van der Waals surface area contributed by atoms with Crippen molar-refractivity contribution < 1.29 is 4.42 Å². The summed E-state index contributed by atoms with van der Waals surface area (Å²) < 4.78 is 7.13. The topological polar surface area (TPSA) is 25.5 Å². The minimum Gasteiger partial charge on any atom is -0.455 e. The van der Waals surface area contributed by atoms with Crippen molar-refractivity contribution in [2.45, 2.75) is 12.0 Å². The Labute approximate surface area is 349 Å². The number of hydrogen-bond donors (Lipinski definition) is 0. The monoisotopic (exact) mass is 765 g/mol. The number of nitrogens with zero attached hydrogens (tertiary/aromatic N) is 1. The van der Waals surface area contributed by atoms with E-state index in [1.54, 1.807) is 0 Å². The Morgan fingerprint density at radius 2 is 1.03 bits per heavy atom. The third-order valence-electron chi connectivity index (χ3n) is 13.0. The van der Waals surface area contributed by atoms with Crippen LogP contribution in [0.2, 0.25) is 0 Å². The maximum absolute atomic E-state index is 7.13. The predicted octanol–water partition coefficient (Wildman–Crippen LogP) is 15.3. The Balaban J connectivity index is 1.08. The zero-order valence-corrected chi connectivity index (χ0v) is 33.0. The summed E-state index contributed by atoms with van der Waals surface area (Å²) in [6, 6.07) is 72.0. The second-order valence-corrected chi connectivity index (χ2v) is 16.2. The van der Waals surface area contributed by atoms with E-state index in [1.807, 2.05) is 6.08 Å². The van der Waals surface area contributed by atoms with Crippen LogP contribution in [0.1, 0.15) is 23.1 Å². The summed E-state index contributed by atoms with van der Waals surface area (Å²) in [5, 5.41) is 6.94. The second kappa shape index (κ2) is 13.5. The van der Waals surface area contributed by atoms with Crippen molar-refractivity contribution in [3.8, 4) is 33.4 Å². The van der Waals surface area contributed by atoms with Crippen molar-refractivity contribution in [2.24, 2.45) is 10.9 Å². The Morgan fingerprint density at radius 1 is 0.483 bits per heavy atom. The summed E-state index contributed by atoms with van der Waals surface area (Å²) in [5.74, 6) is 0.242. The molecule has 0 spiro atoms. The van der Waals surface area contributed by atoms with Gasteiger partial charge in [-0.25, -0.2) is 0 Å². The molecule has 0 radical (unpaired) electrons. The molecule has 0 N–H and O–H groups in total. The standard InChI is InChI=1S/C58H39NO/c1-2-42-54(40-31-29-38(30-32-40)37-17-6-3-7-18-37)52-36-58(52,41-21-10-5-11-22-41)59-56(42)51-35-53-55(48-26-15-14-25-46(48)51)50-28-16-27-49(57(50)60-53)47-34-33-43(39-19-8-4-9-20-39)44-23-12-13-24-45(44)47/h2-35,52H,1,36H2. The van der Waals surface area contributed by atoms with E-state index in [0.717, 1.165) is 67.1 Å². The summed E-state index contributed by atoms with van der Waals surface area (Å²) in [7, 11) is 0. The van der Waals surface area contributed by atoms with E-state index in [0.29, 0.717) is 0 Å². The van der Waals surface area contributed by atoms with Crippen LogP contribution in [0.25, 0.3) is 82.4 Å². The molecule has 0 amide bonds. The molecule has 1 saturated carbocycles. The molecule has 9 aromatic carbocycles. The van der Waals surface area contributed by atoms with Crippen LogP contribution in [0.15, 0.2) is 228 Å². The normalized spacial score (nSPS) is 17.3. The van der Waals surface area contributed by atoms with E-state index < -0.39 is 0 Å². The van der Waals surface area contributed by atoms with Gasteiger partial charge in [0.2, 0.25) is 0 Å². The molecule has 1 fully saturated rings. The second-order valence-electron chi connectivity index (χ2n) is 16.2. The molecule has 2 aliphatic rings. The SMILES string of the molecule is C=CC1=C(c2ccc(-c3ccccc3)cc2)C2CC2(c2ccccc2)N=C1c1cc2oc3c(-c4ccc(-c5ccccc5)c5ccccc45)cccc3c2c2ccccc12. The zero-order chi connectivity index (χ0) is 39.8. The summed E-state index contributed by atoms with van der Waals surface area (Å²) in [6.07, 6.45) is 2.98. The first-order valence-electron chi connectivity index (χ1n) is 20.8. The van der Waals surface area contributed by atoms with E-state index >= 15 is 0 Å². The molecule has 1 aliphatic carbocycles. The lowest BCUT2D eigenvalue weighted by atomic mass is 9.83.